The van der Waals surface area contributed by atoms with E-state index in [9.17, 15) is 0 Å². The van der Waals surface area contributed by atoms with Gasteiger partial charge in [0, 0.05) is 0 Å². The maximum absolute atomic E-state index is 6.13. The Labute approximate surface area is 95.0 Å². The van der Waals surface area contributed by atoms with Crippen LogP contribution in [-0.2, 0) is 12.8 Å². The van der Waals surface area contributed by atoms with Crippen molar-refractivity contribution in [1.29, 1.82) is 0 Å². The van der Waals surface area contributed by atoms with Crippen LogP contribution in [0.15, 0.2) is 6.07 Å². The quantitative estimate of drug-likeness (QED) is 0.762. The Morgan fingerprint density at radius 2 is 1.50 bits per heavy atom. The number of rotatable bonds is 3. The molecule has 78 valence electrons. The van der Waals surface area contributed by atoms with Gasteiger partial charge in [0.15, 0.2) is 5.75 Å². The summed E-state index contributed by atoms with van der Waals surface area (Å²) in [5.74, 6) is 0.601. The lowest BCUT2D eigenvalue weighted by molar-refractivity contribution is 0.414. The van der Waals surface area contributed by atoms with Crippen molar-refractivity contribution in [2.75, 3.05) is 7.11 Å². The summed E-state index contributed by atoms with van der Waals surface area (Å²) in [6, 6.07) is 2.05. The Hall–Kier alpha value is -0.400. The molecule has 0 saturated carbocycles. The number of benzene rings is 1. The van der Waals surface area contributed by atoms with Gasteiger partial charge < -0.3 is 4.74 Å². The molecule has 0 heterocycles. The van der Waals surface area contributed by atoms with Gasteiger partial charge in [-0.3, -0.25) is 0 Å². The van der Waals surface area contributed by atoms with E-state index in [-0.39, 0.29) is 0 Å². The molecule has 0 spiro atoms. The van der Waals surface area contributed by atoms with Crippen molar-refractivity contribution < 1.29 is 4.74 Å². The minimum atomic E-state index is 0.601. The molecule has 14 heavy (non-hydrogen) atoms. The van der Waals surface area contributed by atoms with E-state index in [0.29, 0.717) is 15.8 Å². The minimum Gasteiger partial charge on any atom is -0.494 e. The van der Waals surface area contributed by atoms with E-state index >= 15 is 0 Å². The molecular weight excluding hydrogens is 219 g/mol. The lowest BCUT2D eigenvalue weighted by atomic mass is 10.1. The average molecular weight is 233 g/mol. The third-order valence-electron chi connectivity index (χ3n) is 2.28. The van der Waals surface area contributed by atoms with Gasteiger partial charge in [-0.25, -0.2) is 0 Å². The molecule has 0 amide bonds. The lowest BCUT2D eigenvalue weighted by Crippen LogP contribution is -1.95. The Kier molecular flexibility index (Phi) is 4.09. The Morgan fingerprint density at radius 1 is 1.07 bits per heavy atom. The molecule has 0 saturated heterocycles. The minimum absolute atomic E-state index is 0.601. The Bertz CT molecular complexity index is 306. The second kappa shape index (κ2) is 4.90. The standard InChI is InChI=1S/C11H14Cl2O/c1-4-7-6-8(5-2)10(13)11(14-3)9(7)12/h6H,4-5H2,1-3H3. The van der Waals surface area contributed by atoms with E-state index in [2.05, 4.69) is 13.8 Å². The van der Waals surface area contributed by atoms with Gasteiger partial charge in [-0.2, -0.15) is 0 Å². The van der Waals surface area contributed by atoms with Gasteiger partial charge in [-0.1, -0.05) is 43.1 Å². The molecule has 1 rings (SSSR count). The molecule has 0 fully saturated rings. The van der Waals surface area contributed by atoms with Gasteiger partial charge in [0.25, 0.3) is 0 Å². The van der Waals surface area contributed by atoms with E-state index in [1.165, 1.54) is 0 Å². The van der Waals surface area contributed by atoms with Crippen LogP contribution in [0, 0.1) is 0 Å². The zero-order valence-corrected chi connectivity index (χ0v) is 10.2. The van der Waals surface area contributed by atoms with Gasteiger partial charge in [0.1, 0.15) is 0 Å². The van der Waals surface area contributed by atoms with E-state index in [0.717, 1.165) is 24.0 Å². The molecule has 0 radical (unpaired) electrons. The summed E-state index contributed by atoms with van der Waals surface area (Å²) in [4.78, 5) is 0. The highest BCUT2D eigenvalue weighted by Crippen LogP contribution is 2.38. The van der Waals surface area contributed by atoms with Crippen molar-refractivity contribution >= 4 is 23.2 Å². The SMILES string of the molecule is CCc1cc(CC)c(Cl)c(OC)c1Cl. The molecule has 0 aromatic heterocycles. The van der Waals surface area contributed by atoms with Gasteiger partial charge in [0.2, 0.25) is 0 Å². The smallest absolute Gasteiger partial charge is 0.156 e. The summed E-state index contributed by atoms with van der Waals surface area (Å²) >= 11 is 12.3. The molecule has 0 unspecified atom stereocenters. The summed E-state index contributed by atoms with van der Waals surface area (Å²) < 4.78 is 5.20. The highest BCUT2D eigenvalue weighted by atomic mass is 35.5. The van der Waals surface area contributed by atoms with Crippen LogP contribution in [0.2, 0.25) is 10.0 Å². The average Bonchev–Trinajstić information content (AvgIpc) is 2.19. The van der Waals surface area contributed by atoms with Crippen molar-refractivity contribution in [1.82, 2.24) is 0 Å². The lowest BCUT2D eigenvalue weighted by Gasteiger charge is -2.13. The molecule has 0 aliphatic rings. The molecule has 0 atom stereocenters. The molecular formula is C11H14Cl2O. The van der Waals surface area contributed by atoms with Crippen LogP contribution in [0.3, 0.4) is 0 Å². The Morgan fingerprint density at radius 3 is 1.79 bits per heavy atom. The van der Waals surface area contributed by atoms with E-state index in [1.807, 2.05) is 6.07 Å². The fourth-order valence-electron chi connectivity index (χ4n) is 1.42. The molecule has 0 aliphatic heterocycles. The number of methoxy groups -OCH3 is 1. The highest BCUT2D eigenvalue weighted by Gasteiger charge is 2.14. The zero-order chi connectivity index (χ0) is 10.7. The topological polar surface area (TPSA) is 9.23 Å². The van der Waals surface area contributed by atoms with Crippen molar-refractivity contribution in [3.63, 3.8) is 0 Å². The van der Waals surface area contributed by atoms with E-state index in [1.54, 1.807) is 7.11 Å². The van der Waals surface area contributed by atoms with Crippen LogP contribution in [0.4, 0.5) is 0 Å². The molecule has 0 aliphatic carbocycles. The molecule has 1 aromatic carbocycles. The molecule has 0 N–H and O–H groups in total. The predicted octanol–water partition coefficient (Wildman–Crippen LogP) is 4.13. The highest BCUT2D eigenvalue weighted by molar-refractivity contribution is 6.38. The van der Waals surface area contributed by atoms with Crippen molar-refractivity contribution in [2.24, 2.45) is 0 Å². The van der Waals surface area contributed by atoms with E-state index < -0.39 is 0 Å². The number of aryl methyl sites for hydroxylation is 2. The Balaban J connectivity index is 3.39. The van der Waals surface area contributed by atoms with Gasteiger partial charge in [-0.05, 0) is 24.0 Å². The number of hydrogen-bond acceptors (Lipinski definition) is 1. The first kappa shape index (κ1) is 11.7. The van der Waals surface area contributed by atoms with Gasteiger partial charge in [-0.15, -0.1) is 0 Å². The molecule has 1 aromatic rings. The summed E-state index contributed by atoms with van der Waals surface area (Å²) in [5, 5.41) is 1.27. The fourth-order valence-corrected chi connectivity index (χ4v) is 2.19. The third kappa shape index (κ3) is 1.99. The molecule has 1 nitrogen and oxygen atoms in total. The van der Waals surface area contributed by atoms with Crippen molar-refractivity contribution in [3.05, 3.63) is 27.2 Å². The predicted molar refractivity (Wildman–Crippen MR) is 61.8 cm³/mol. The fraction of sp³-hybridized carbons (Fsp3) is 0.455. The first-order valence-corrected chi connectivity index (χ1v) is 5.44. The summed E-state index contributed by atoms with van der Waals surface area (Å²) in [7, 11) is 1.59. The van der Waals surface area contributed by atoms with E-state index in [4.69, 9.17) is 27.9 Å². The van der Waals surface area contributed by atoms with Gasteiger partial charge >= 0.3 is 0 Å². The summed E-state index contributed by atoms with van der Waals surface area (Å²) in [6.45, 7) is 4.13. The largest absolute Gasteiger partial charge is 0.494 e. The van der Waals surface area contributed by atoms with Crippen molar-refractivity contribution in [3.8, 4) is 5.75 Å². The second-order valence-corrected chi connectivity index (χ2v) is 3.82. The van der Waals surface area contributed by atoms with Gasteiger partial charge in [0.05, 0.1) is 17.2 Å². The first-order valence-electron chi connectivity index (χ1n) is 4.69. The first-order chi connectivity index (χ1) is 6.65. The monoisotopic (exact) mass is 232 g/mol. The number of hydrogen-bond donors (Lipinski definition) is 0. The van der Waals surface area contributed by atoms with Crippen LogP contribution in [0.5, 0.6) is 5.75 Å². The second-order valence-electron chi connectivity index (χ2n) is 3.06. The molecule has 3 heteroatoms. The molecule has 0 bridgehead atoms. The zero-order valence-electron chi connectivity index (χ0n) is 8.66. The normalized spacial score (nSPS) is 10.4. The maximum Gasteiger partial charge on any atom is 0.156 e. The van der Waals surface area contributed by atoms with Crippen LogP contribution < -0.4 is 4.74 Å². The van der Waals surface area contributed by atoms with Crippen LogP contribution in [-0.4, -0.2) is 7.11 Å². The van der Waals surface area contributed by atoms with Crippen LogP contribution in [0.1, 0.15) is 25.0 Å². The van der Waals surface area contributed by atoms with Crippen molar-refractivity contribution in [2.45, 2.75) is 26.7 Å². The summed E-state index contributed by atoms with van der Waals surface area (Å²) in [5.41, 5.74) is 2.18. The van der Waals surface area contributed by atoms with Crippen LogP contribution >= 0.6 is 23.2 Å². The number of halogens is 2. The number of ether oxygens (including phenoxy) is 1. The maximum atomic E-state index is 6.13. The third-order valence-corrected chi connectivity index (χ3v) is 3.11. The van der Waals surface area contributed by atoms with Crippen LogP contribution in [0.25, 0.3) is 0 Å². The summed E-state index contributed by atoms with van der Waals surface area (Å²) in [6.07, 6.45) is 1.78.